The van der Waals surface area contributed by atoms with Crippen LogP contribution in [-0.2, 0) is 4.74 Å². The van der Waals surface area contributed by atoms with E-state index in [0.717, 1.165) is 12.5 Å². The van der Waals surface area contributed by atoms with Crippen molar-refractivity contribution in [1.82, 2.24) is 0 Å². The van der Waals surface area contributed by atoms with Crippen LogP contribution < -0.4 is 0 Å². The van der Waals surface area contributed by atoms with Gasteiger partial charge in [0.2, 0.25) is 0 Å². The van der Waals surface area contributed by atoms with Crippen molar-refractivity contribution in [3.05, 3.63) is 0 Å². The summed E-state index contributed by atoms with van der Waals surface area (Å²) in [7, 11) is 0. The molecule has 1 fully saturated rings. The minimum atomic E-state index is 0.565. The van der Waals surface area contributed by atoms with Crippen molar-refractivity contribution in [2.75, 3.05) is 6.61 Å². The van der Waals surface area contributed by atoms with Crippen molar-refractivity contribution in [2.24, 2.45) is 5.92 Å². The van der Waals surface area contributed by atoms with Crippen LogP contribution in [0.1, 0.15) is 26.7 Å². The van der Waals surface area contributed by atoms with E-state index in [-0.39, 0.29) is 0 Å². The van der Waals surface area contributed by atoms with Crippen molar-refractivity contribution >= 4 is 0 Å². The monoisotopic (exact) mass is 114 g/mol. The van der Waals surface area contributed by atoms with Gasteiger partial charge in [0, 0.05) is 6.61 Å². The highest BCUT2D eigenvalue weighted by Crippen LogP contribution is 2.21. The highest BCUT2D eigenvalue weighted by Gasteiger charge is 2.21. The predicted molar refractivity (Wildman–Crippen MR) is 33.8 cm³/mol. The van der Waals surface area contributed by atoms with Gasteiger partial charge in [-0.05, 0) is 18.8 Å². The topological polar surface area (TPSA) is 9.23 Å². The van der Waals surface area contributed by atoms with E-state index >= 15 is 0 Å². The molecular formula is C7H14O. The van der Waals surface area contributed by atoms with Gasteiger partial charge in [0.1, 0.15) is 0 Å². The van der Waals surface area contributed by atoms with Gasteiger partial charge in [0.25, 0.3) is 0 Å². The molecule has 1 aliphatic rings. The molecule has 1 rings (SSSR count). The van der Waals surface area contributed by atoms with E-state index in [0.29, 0.717) is 6.10 Å². The highest BCUT2D eigenvalue weighted by atomic mass is 16.5. The van der Waals surface area contributed by atoms with Crippen molar-refractivity contribution in [3.63, 3.8) is 0 Å². The second-order valence-electron chi connectivity index (χ2n) is 2.58. The standard InChI is InChI=1S/C7H14O/c1-3-7-6(2)4-5-8-7/h6-7H,3-5H2,1-2H3/t6-,7+/m0/s1. The number of hydrogen-bond acceptors (Lipinski definition) is 1. The first-order valence-corrected chi connectivity index (χ1v) is 3.46. The average Bonchev–Trinajstić information content (AvgIpc) is 2.14. The smallest absolute Gasteiger partial charge is 0.0598 e. The molecule has 0 N–H and O–H groups in total. The molecule has 1 heterocycles. The van der Waals surface area contributed by atoms with Crippen molar-refractivity contribution in [1.29, 1.82) is 0 Å². The molecule has 1 aliphatic heterocycles. The molecule has 0 amide bonds. The third-order valence-corrected chi connectivity index (χ3v) is 1.94. The van der Waals surface area contributed by atoms with E-state index in [1.54, 1.807) is 0 Å². The molecule has 0 aromatic rings. The molecule has 1 heteroatoms. The zero-order valence-electron chi connectivity index (χ0n) is 5.68. The summed E-state index contributed by atoms with van der Waals surface area (Å²) in [6.07, 6.45) is 3.01. The molecule has 1 saturated heterocycles. The van der Waals surface area contributed by atoms with Crippen molar-refractivity contribution in [2.45, 2.75) is 32.8 Å². The Morgan fingerprint density at radius 2 is 2.38 bits per heavy atom. The molecule has 48 valence electrons. The van der Waals surface area contributed by atoms with Crippen LogP contribution in [0.5, 0.6) is 0 Å². The maximum absolute atomic E-state index is 5.41. The van der Waals surface area contributed by atoms with E-state index in [1.807, 2.05) is 0 Å². The Balaban J connectivity index is 2.30. The maximum atomic E-state index is 5.41. The first kappa shape index (κ1) is 6.09. The van der Waals surface area contributed by atoms with Crippen LogP contribution in [0.4, 0.5) is 0 Å². The average molecular weight is 114 g/mol. The van der Waals surface area contributed by atoms with Gasteiger partial charge in [0.15, 0.2) is 0 Å². The maximum Gasteiger partial charge on any atom is 0.0598 e. The van der Waals surface area contributed by atoms with Crippen LogP contribution in [0.15, 0.2) is 0 Å². The molecule has 1 nitrogen and oxygen atoms in total. The molecule has 8 heavy (non-hydrogen) atoms. The van der Waals surface area contributed by atoms with E-state index in [9.17, 15) is 0 Å². The van der Waals surface area contributed by atoms with Crippen LogP contribution in [0.3, 0.4) is 0 Å². The van der Waals surface area contributed by atoms with Gasteiger partial charge in [-0.3, -0.25) is 0 Å². The van der Waals surface area contributed by atoms with Crippen LogP contribution >= 0.6 is 0 Å². The van der Waals surface area contributed by atoms with Gasteiger partial charge in [-0.2, -0.15) is 0 Å². The molecule has 0 aromatic heterocycles. The zero-order chi connectivity index (χ0) is 5.98. The summed E-state index contributed by atoms with van der Waals surface area (Å²) in [5, 5.41) is 0. The van der Waals surface area contributed by atoms with Gasteiger partial charge < -0.3 is 4.74 Å². The quantitative estimate of drug-likeness (QED) is 0.505. The Morgan fingerprint density at radius 3 is 2.62 bits per heavy atom. The number of rotatable bonds is 1. The van der Waals surface area contributed by atoms with Gasteiger partial charge in [-0.25, -0.2) is 0 Å². The van der Waals surface area contributed by atoms with Crippen molar-refractivity contribution in [3.8, 4) is 0 Å². The highest BCUT2D eigenvalue weighted by molar-refractivity contribution is 4.70. The summed E-state index contributed by atoms with van der Waals surface area (Å²) in [5.41, 5.74) is 0. The number of ether oxygens (including phenoxy) is 1. The van der Waals surface area contributed by atoms with E-state index in [2.05, 4.69) is 13.8 Å². The summed E-state index contributed by atoms with van der Waals surface area (Å²) in [6.45, 7) is 5.44. The van der Waals surface area contributed by atoms with Gasteiger partial charge in [0.05, 0.1) is 6.10 Å². The fourth-order valence-electron chi connectivity index (χ4n) is 1.28. The Hall–Kier alpha value is -0.0400. The van der Waals surface area contributed by atoms with E-state index in [1.165, 1.54) is 12.8 Å². The molecule has 0 radical (unpaired) electrons. The summed E-state index contributed by atoms with van der Waals surface area (Å²) in [4.78, 5) is 0. The van der Waals surface area contributed by atoms with E-state index in [4.69, 9.17) is 4.74 Å². The molecular weight excluding hydrogens is 100 g/mol. The minimum absolute atomic E-state index is 0.565. The SMILES string of the molecule is CC[C@H]1OCC[C@@H]1C. The van der Waals surface area contributed by atoms with E-state index < -0.39 is 0 Å². The van der Waals surface area contributed by atoms with Gasteiger partial charge >= 0.3 is 0 Å². The summed E-state index contributed by atoms with van der Waals surface area (Å²) in [5.74, 6) is 0.806. The van der Waals surface area contributed by atoms with Crippen LogP contribution in [0.2, 0.25) is 0 Å². The summed E-state index contributed by atoms with van der Waals surface area (Å²) < 4.78 is 5.41. The van der Waals surface area contributed by atoms with Crippen LogP contribution in [-0.4, -0.2) is 12.7 Å². The molecule has 2 atom stereocenters. The van der Waals surface area contributed by atoms with Crippen LogP contribution in [0, 0.1) is 5.92 Å². The fourth-order valence-corrected chi connectivity index (χ4v) is 1.28. The molecule has 0 spiro atoms. The second kappa shape index (κ2) is 2.49. The molecule has 0 aromatic carbocycles. The lowest BCUT2D eigenvalue weighted by atomic mass is 10.0. The largest absolute Gasteiger partial charge is 0.378 e. The van der Waals surface area contributed by atoms with Gasteiger partial charge in [-0.1, -0.05) is 13.8 Å². The Labute approximate surface area is 51.0 Å². The third-order valence-electron chi connectivity index (χ3n) is 1.94. The lowest BCUT2D eigenvalue weighted by Crippen LogP contribution is -2.10. The molecule has 0 unspecified atom stereocenters. The summed E-state index contributed by atoms with van der Waals surface area (Å²) in [6, 6.07) is 0. The summed E-state index contributed by atoms with van der Waals surface area (Å²) >= 11 is 0. The Bertz CT molecular complexity index is 70.8. The zero-order valence-corrected chi connectivity index (χ0v) is 5.68. The van der Waals surface area contributed by atoms with Gasteiger partial charge in [-0.15, -0.1) is 0 Å². The Kier molecular flexibility index (Phi) is 1.90. The predicted octanol–water partition coefficient (Wildman–Crippen LogP) is 1.82. The first-order chi connectivity index (χ1) is 3.84. The fraction of sp³-hybridized carbons (Fsp3) is 1.00. The third kappa shape index (κ3) is 1.03. The lowest BCUT2D eigenvalue weighted by Gasteiger charge is -2.09. The first-order valence-electron chi connectivity index (χ1n) is 3.46. The molecule has 0 bridgehead atoms. The molecule has 0 saturated carbocycles. The normalized spacial score (nSPS) is 38.2. The van der Waals surface area contributed by atoms with Crippen LogP contribution in [0.25, 0.3) is 0 Å². The Morgan fingerprint density at radius 1 is 1.62 bits per heavy atom. The number of hydrogen-bond donors (Lipinski definition) is 0. The molecule has 0 aliphatic carbocycles. The second-order valence-corrected chi connectivity index (χ2v) is 2.58. The van der Waals surface area contributed by atoms with Crippen molar-refractivity contribution < 1.29 is 4.74 Å². The lowest BCUT2D eigenvalue weighted by molar-refractivity contribution is 0.0912. The minimum Gasteiger partial charge on any atom is -0.378 e.